The van der Waals surface area contributed by atoms with E-state index in [1.807, 2.05) is 0 Å². The van der Waals surface area contributed by atoms with E-state index in [2.05, 4.69) is 10.2 Å². The summed E-state index contributed by atoms with van der Waals surface area (Å²) in [4.78, 5) is 12.5. The molecule has 0 N–H and O–H groups in total. The van der Waals surface area contributed by atoms with E-state index in [9.17, 15) is 9.18 Å². The van der Waals surface area contributed by atoms with Crippen molar-refractivity contribution in [3.8, 4) is 17.2 Å². The predicted octanol–water partition coefficient (Wildman–Crippen LogP) is 4.86. The van der Waals surface area contributed by atoms with Gasteiger partial charge in [-0.2, -0.15) is 0 Å². The summed E-state index contributed by atoms with van der Waals surface area (Å²) >= 11 is 0. The van der Waals surface area contributed by atoms with Crippen molar-refractivity contribution >= 4 is 16.9 Å². The number of benzene rings is 2. The van der Waals surface area contributed by atoms with Crippen LogP contribution in [0.3, 0.4) is 0 Å². The number of rotatable bonds is 5. The smallest absolute Gasteiger partial charge is 0.375 e. The number of carbonyl (C=O) groups excluding carboxylic acids is 1. The highest BCUT2D eigenvalue weighted by Crippen LogP contribution is 2.29. The van der Waals surface area contributed by atoms with Gasteiger partial charge in [-0.25, -0.2) is 9.18 Å². The minimum absolute atomic E-state index is 0.00680. The number of methoxy groups -OCH3 is 1. The van der Waals surface area contributed by atoms with E-state index in [1.165, 1.54) is 18.2 Å². The van der Waals surface area contributed by atoms with E-state index >= 15 is 0 Å². The zero-order chi connectivity index (χ0) is 20.5. The number of fused-ring (bicyclic) bond motifs is 1. The number of hydrogen-bond donors (Lipinski definition) is 0. The second-order valence-electron chi connectivity index (χ2n) is 6.42. The van der Waals surface area contributed by atoms with Crippen LogP contribution in [0.5, 0.6) is 5.75 Å². The first kappa shape index (κ1) is 18.7. The highest BCUT2D eigenvalue weighted by molar-refractivity contribution is 5.95. The van der Waals surface area contributed by atoms with Crippen LogP contribution < -0.4 is 4.74 Å². The molecular formula is C21H17FN2O5. The Morgan fingerprint density at radius 1 is 1.10 bits per heavy atom. The molecule has 0 saturated heterocycles. The molecule has 0 fully saturated rings. The van der Waals surface area contributed by atoms with Gasteiger partial charge in [0.2, 0.25) is 11.7 Å². The molecule has 0 aliphatic carbocycles. The summed E-state index contributed by atoms with van der Waals surface area (Å²) < 4.78 is 35.1. The van der Waals surface area contributed by atoms with Crippen LogP contribution in [0.4, 0.5) is 4.39 Å². The maximum Gasteiger partial charge on any atom is 0.375 e. The van der Waals surface area contributed by atoms with Crippen LogP contribution in [-0.2, 0) is 4.74 Å². The van der Waals surface area contributed by atoms with Crippen molar-refractivity contribution < 1.29 is 27.5 Å². The lowest BCUT2D eigenvalue weighted by molar-refractivity contribution is 0.0245. The fraction of sp³-hybridized carbons (Fsp3) is 0.190. The zero-order valence-corrected chi connectivity index (χ0v) is 15.9. The molecular weight excluding hydrogens is 379 g/mol. The molecule has 0 spiro atoms. The number of carbonyl (C=O) groups is 1. The molecule has 2 aromatic heterocycles. The fourth-order valence-corrected chi connectivity index (χ4v) is 2.90. The first-order chi connectivity index (χ1) is 14.0. The quantitative estimate of drug-likeness (QED) is 0.445. The number of hydrogen-bond acceptors (Lipinski definition) is 7. The Labute approximate surface area is 165 Å². The maximum atomic E-state index is 13.5. The molecule has 0 aliphatic heterocycles. The highest BCUT2D eigenvalue weighted by atomic mass is 19.1. The third-order valence-electron chi connectivity index (χ3n) is 4.49. The largest absolute Gasteiger partial charge is 0.497 e. The van der Waals surface area contributed by atoms with Gasteiger partial charge in [0, 0.05) is 16.5 Å². The normalized spacial score (nSPS) is 12.1. The second kappa shape index (κ2) is 7.38. The molecule has 1 atom stereocenters. The van der Waals surface area contributed by atoms with Crippen molar-refractivity contribution in [2.75, 3.05) is 7.11 Å². The van der Waals surface area contributed by atoms with E-state index in [4.69, 9.17) is 18.3 Å². The van der Waals surface area contributed by atoms with Gasteiger partial charge in [0.1, 0.15) is 17.1 Å². The van der Waals surface area contributed by atoms with Crippen LogP contribution in [0.1, 0.15) is 35.0 Å². The van der Waals surface area contributed by atoms with Crippen LogP contribution in [0.2, 0.25) is 0 Å². The summed E-state index contributed by atoms with van der Waals surface area (Å²) in [7, 11) is 1.58. The van der Waals surface area contributed by atoms with Crippen LogP contribution >= 0.6 is 0 Å². The van der Waals surface area contributed by atoms with Gasteiger partial charge in [0.05, 0.1) is 7.11 Å². The van der Waals surface area contributed by atoms with E-state index in [-0.39, 0.29) is 11.7 Å². The highest BCUT2D eigenvalue weighted by Gasteiger charge is 2.24. The van der Waals surface area contributed by atoms with Crippen molar-refractivity contribution in [2.45, 2.75) is 20.0 Å². The van der Waals surface area contributed by atoms with Crippen LogP contribution in [0.25, 0.3) is 22.4 Å². The molecule has 7 nitrogen and oxygen atoms in total. The Hall–Kier alpha value is -3.68. The second-order valence-corrected chi connectivity index (χ2v) is 6.42. The summed E-state index contributed by atoms with van der Waals surface area (Å²) in [5.74, 6) is 0.0385. The van der Waals surface area contributed by atoms with Crippen LogP contribution in [0, 0.1) is 12.7 Å². The fourth-order valence-electron chi connectivity index (χ4n) is 2.90. The summed E-state index contributed by atoms with van der Waals surface area (Å²) in [6, 6.07) is 11.2. The van der Waals surface area contributed by atoms with Gasteiger partial charge in [-0.1, -0.05) is 0 Å². The Morgan fingerprint density at radius 3 is 2.59 bits per heavy atom. The molecule has 0 amide bonds. The third kappa shape index (κ3) is 3.56. The third-order valence-corrected chi connectivity index (χ3v) is 4.49. The number of aryl methyl sites for hydroxylation is 1. The molecule has 2 heterocycles. The number of aromatic nitrogens is 2. The predicted molar refractivity (Wildman–Crippen MR) is 101 cm³/mol. The number of halogens is 1. The Bertz CT molecular complexity index is 1180. The van der Waals surface area contributed by atoms with Gasteiger partial charge in [0.25, 0.3) is 5.89 Å². The van der Waals surface area contributed by atoms with Gasteiger partial charge < -0.3 is 18.3 Å². The molecule has 0 radical (unpaired) electrons. The minimum Gasteiger partial charge on any atom is -0.497 e. The first-order valence-corrected chi connectivity index (χ1v) is 8.83. The number of nitrogens with zero attached hydrogens (tertiary/aromatic N) is 2. The molecule has 148 valence electrons. The molecule has 4 rings (SSSR count). The number of furan rings is 1. The van der Waals surface area contributed by atoms with Gasteiger partial charge in [-0.05, 0) is 56.3 Å². The average molecular weight is 396 g/mol. The van der Waals surface area contributed by atoms with Crippen molar-refractivity contribution in [1.29, 1.82) is 0 Å². The Balaban J connectivity index is 1.52. The monoisotopic (exact) mass is 396 g/mol. The van der Waals surface area contributed by atoms with Gasteiger partial charge >= 0.3 is 5.97 Å². The molecule has 2 aromatic carbocycles. The summed E-state index contributed by atoms with van der Waals surface area (Å²) in [6.07, 6.45) is -0.800. The first-order valence-electron chi connectivity index (χ1n) is 8.83. The van der Waals surface area contributed by atoms with Crippen LogP contribution in [-0.4, -0.2) is 23.3 Å². The van der Waals surface area contributed by atoms with E-state index < -0.39 is 17.9 Å². The van der Waals surface area contributed by atoms with Crippen molar-refractivity contribution in [2.24, 2.45) is 0 Å². The summed E-state index contributed by atoms with van der Waals surface area (Å²) in [5, 5.41) is 8.46. The lowest BCUT2D eigenvalue weighted by atomic mass is 10.1. The number of esters is 1. The summed E-state index contributed by atoms with van der Waals surface area (Å²) in [5.41, 5.74) is 1.61. The zero-order valence-electron chi connectivity index (χ0n) is 15.9. The minimum atomic E-state index is -0.800. The Kier molecular flexibility index (Phi) is 4.75. The molecule has 29 heavy (non-hydrogen) atoms. The molecule has 4 aromatic rings. The van der Waals surface area contributed by atoms with E-state index in [1.54, 1.807) is 45.2 Å². The molecule has 8 heteroatoms. The molecule has 0 unspecified atom stereocenters. The number of ether oxygens (including phenoxy) is 2. The average Bonchev–Trinajstić information content (AvgIpc) is 3.34. The molecule has 0 aliphatic rings. The standard InChI is InChI=1S/C21H17FN2O5/c1-11-16-10-14(22)6-9-17(16)28-18(11)21(25)27-12(2)19-23-24-20(29-19)13-4-7-15(26-3)8-5-13/h4-10,12H,1-3H3/t12-/m0/s1. The lowest BCUT2D eigenvalue weighted by Crippen LogP contribution is -2.09. The van der Waals surface area contributed by atoms with E-state index in [0.717, 1.165) is 0 Å². The van der Waals surface area contributed by atoms with Crippen molar-refractivity contribution in [1.82, 2.24) is 10.2 Å². The van der Waals surface area contributed by atoms with Crippen molar-refractivity contribution in [3.05, 3.63) is 65.5 Å². The SMILES string of the molecule is COc1ccc(-c2nnc([C@H](C)OC(=O)c3oc4ccc(F)cc4c3C)o2)cc1. The van der Waals surface area contributed by atoms with Gasteiger partial charge in [-0.3, -0.25) is 0 Å². The van der Waals surface area contributed by atoms with E-state index in [0.29, 0.717) is 33.7 Å². The maximum absolute atomic E-state index is 13.5. The molecule has 0 saturated carbocycles. The Morgan fingerprint density at radius 2 is 1.86 bits per heavy atom. The molecule has 0 bridgehead atoms. The van der Waals surface area contributed by atoms with Crippen molar-refractivity contribution in [3.63, 3.8) is 0 Å². The van der Waals surface area contributed by atoms with Gasteiger partial charge in [-0.15, -0.1) is 10.2 Å². The topological polar surface area (TPSA) is 87.6 Å². The van der Waals surface area contributed by atoms with Gasteiger partial charge in [0.15, 0.2) is 6.10 Å². The lowest BCUT2D eigenvalue weighted by Gasteiger charge is -2.08. The summed E-state index contributed by atoms with van der Waals surface area (Å²) in [6.45, 7) is 3.28. The van der Waals surface area contributed by atoms with Crippen LogP contribution in [0.15, 0.2) is 51.3 Å².